The molecule has 3 aliphatic rings. The third-order valence-corrected chi connectivity index (χ3v) is 6.77. The first-order valence-electron chi connectivity index (χ1n) is 11.4. The zero-order chi connectivity index (χ0) is 20.5. The van der Waals surface area contributed by atoms with E-state index in [0.717, 1.165) is 81.0 Å². The van der Waals surface area contributed by atoms with Crippen molar-refractivity contribution in [2.45, 2.75) is 45.4 Å². The van der Waals surface area contributed by atoms with Crippen LogP contribution < -0.4 is 5.32 Å². The number of anilines is 1. The van der Waals surface area contributed by atoms with E-state index in [0.29, 0.717) is 0 Å². The van der Waals surface area contributed by atoms with E-state index >= 15 is 0 Å². The molecule has 30 heavy (non-hydrogen) atoms. The maximum absolute atomic E-state index is 12.8. The van der Waals surface area contributed by atoms with Crippen LogP contribution in [0.15, 0.2) is 18.2 Å². The first kappa shape index (κ1) is 19.6. The van der Waals surface area contributed by atoms with E-state index in [1.807, 2.05) is 0 Å². The number of H-pyrrole nitrogens is 1. The fourth-order valence-corrected chi connectivity index (χ4v) is 5.09. The van der Waals surface area contributed by atoms with Crippen molar-refractivity contribution in [1.29, 1.82) is 0 Å². The van der Waals surface area contributed by atoms with E-state index in [2.05, 4.69) is 46.4 Å². The minimum atomic E-state index is 0.00459. The lowest BCUT2D eigenvalue weighted by atomic mass is 9.93. The van der Waals surface area contributed by atoms with Crippen molar-refractivity contribution in [3.8, 4) is 0 Å². The van der Waals surface area contributed by atoms with Gasteiger partial charge in [0.1, 0.15) is 0 Å². The highest BCUT2D eigenvalue weighted by Crippen LogP contribution is 2.36. The summed E-state index contributed by atoms with van der Waals surface area (Å²) in [4.78, 5) is 18.9. The lowest BCUT2D eigenvalue weighted by Gasteiger charge is -2.26. The first-order valence-corrected chi connectivity index (χ1v) is 11.4. The molecule has 5 nitrogen and oxygen atoms in total. The maximum atomic E-state index is 12.8. The highest BCUT2D eigenvalue weighted by Gasteiger charge is 2.26. The Morgan fingerprint density at radius 1 is 1.17 bits per heavy atom. The number of aromatic amines is 1. The minimum absolute atomic E-state index is 0.00459. The topological polar surface area (TPSA) is 57.4 Å². The summed E-state index contributed by atoms with van der Waals surface area (Å²) in [6.07, 6.45) is 8.88. The molecule has 0 unspecified atom stereocenters. The molecule has 1 fully saturated rings. The Kier molecular flexibility index (Phi) is 5.48. The Labute approximate surface area is 178 Å². The summed E-state index contributed by atoms with van der Waals surface area (Å²) < 4.78 is 5.45. The number of benzene rings is 1. The molecule has 5 rings (SSSR count). The summed E-state index contributed by atoms with van der Waals surface area (Å²) in [5.74, 6) is 0.00459. The van der Waals surface area contributed by atoms with Crippen LogP contribution in [-0.4, -0.2) is 48.6 Å². The molecule has 1 aromatic heterocycles. The molecule has 0 radical (unpaired) electrons. The molecule has 2 aliphatic heterocycles. The minimum Gasteiger partial charge on any atom is -0.379 e. The summed E-state index contributed by atoms with van der Waals surface area (Å²) in [5.41, 5.74) is 9.42. The van der Waals surface area contributed by atoms with Crippen LogP contribution in [0.2, 0.25) is 0 Å². The Morgan fingerprint density at radius 3 is 2.83 bits per heavy atom. The third-order valence-electron chi connectivity index (χ3n) is 6.77. The highest BCUT2D eigenvalue weighted by atomic mass is 16.5. The van der Waals surface area contributed by atoms with Gasteiger partial charge in [-0.1, -0.05) is 13.0 Å². The summed E-state index contributed by atoms with van der Waals surface area (Å²) in [6, 6.07) is 6.41. The normalized spacial score (nSPS) is 20.3. The van der Waals surface area contributed by atoms with Crippen LogP contribution in [0.3, 0.4) is 0 Å². The van der Waals surface area contributed by atoms with Gasteiger partial charge in [0, 0.05) is 42.3 Å². The van der Waals surface area contributed by atoms with E-state index in [-0.39, 0.29) is 5.91 Å². The Morgan fingerprint density at radius 2 is 2.00 bits per heavy atom. The van der Waals surface area contributed by atoms with Crippen LogP contribution in [0.4, 0.5) is 5.69 Å². The molecule has 1 amide bonds. The second-order valence-corrected chi connectivity index (χ2v) is 8.63. The average Bonchev–Trinajstić information content (AvgIpc) is 3.29. The quantitative estimate of drug-likeness (QED) is 0.744. The number of carbonyl (C=O) groups excluding carboxylic acids is 1. The monoisotopic (exact) mass is 405 g/mol. The Balaban J connectivity index is 1.42. The number of rotatable bonds is 5. The SMILES string of the molecule is CCc1c(C=C2C(=O)Nc3ccc(CCN4CCOCC4)cc32)[nH]c2c1CCCC2. The number of nitrogens with zero attached hydrogens (tertiary/aromatic N) is 1. The van der Waals surface area contributed by atoms with Gasteiger partial charge in [-0.05, 0) is 73.4 Å². The van der Waals surface area contributed by atoms with Gasteiger partial charge in [-0.25, -0.2) is 0 Å². The standard InChI is InChI=1S/C25H31N3O2/c1-2-18-19-5-3-4-6-22(19)26-24(18)16-21-20-15-17(7-8-23(20)27-25(21)29)9-10-28-11-13-30-14-12-28/h7-8,15-16,26H,2-6,9-14H2,1H3,(H,27,29). The summed E-state index contributed by atoms with van der Waals surface area (Å²) in [6.45, 7) is 6.92. The number of carbonyl (C=O) groups is 1. The second kappa shape index (κ2) is 8.40. The van der Waals surface area contributed by atoms with E-state index in [9.17, 15) is 4.79 Å². The zero-order valence-corrected chi connectivity index (χ0v) is 17.9. The second-order valence-electron chi connectivity index (χ2n) is 8.63. The maximum Gasteiger partial charge on any atom is 0.256 e. The van der Waals surface area contributed by atoms with Gasteiger partial charge in [-0.2, -0.15) is 0 Å². The lowest BCUT2D eigenvalue weighted by Crippen LogP contribution is -2.37. The van der Waals surface area contributed by atoms with Gasteiger partial charge in [0.15, 0.2) is 0 Å². The van der Waals surface area contributed by atoms with E-state index in [1.54, 1.807) is 0 Å². The fraction of sp³-hybridized carbons (Fsp3) is 0.480. The predicted octanol–water partition coefficient (Wildman–Crippen LogP) is 3.82. The molecular weight excluding hydrogens is 374 g/mol. The van der Waals surface area contributed by atoms with Crippen LogP contribution in [0.5, 0.6) is 0 Å². The van der Waals surface area contributed by atoms with E-state index < -0.39 is 0 Å². The van der Waals surface area contributed by atoms with E-state index in [4.69, 9.17) is 4.74 Å². The number of aryl methyl sites for hydroxylation is 1. The lowest BCUT2D eigenvalue weighted by molar-refractivity contribution is -0.110. The molecule has 0 bridgehead atoms. The van der Waals surface area contributed by atoms with Crippen molar-refractivity contribution in [3.05, 3.63) is 51.8 Å². The largest absolute Gasteiger partial charge is 0.379 e. The number of hydrogen-bond acceptors (Lipinski definition) is 3. The number of ether oxygens (including phenoxy) is 1. The molecule has 2 N–H and O–H groups in total. The van der Waals surface area contributed by atoms with Gasteiger partial charge < -0.3 is 15.0 Å². The molecule has 158 valence electrons. The number of hydrogen-bond donors (Lipinski definition) is 2. The zero-order valence-electron chi connectivity index (χ0n) is 17.9. The number of aromatic nitrogens is 1. The molecule has 1 aromatic carbocycles. The molecular formula is C25H31N3O2. The summed E-state index contributed by atoms with van der Waals surface area (Å²) in [5, 5.41) is 3.05. The predicted molar refractivity (Wildman–Crippen MR) is 121 cm³/mol. The summed E-state index contributed by atoms with van der Waals surface area (Å²) >= 11 is 0. The van der Waals surface area contributed by atoms with Crippen molar-refractivity contribution in [2.75, 3.05) is 38.2 Å². The van der Waals surface area contributed by atoms with Gasteiger partial charge in [0.2, 0.25) is 0 Å². The van der Waals surface area contributed by atoms with Crippen LogP contribution in [-0.2, 0) is 35.2 Å². The fourth-order valence-electron chi connectivity index (χ4n) is 5.09. The van der Waals surface area contributed by atoms with Crippen molar-refractivity contribution in [2.24, 2.45) is 0 Å². The number of morpholine rings is 1. The average molecular weight is 406 g/mol. The van der Waals surface area contributed by atoms with Crippen LogP contribution in [0.25, 0.3) is 11.6 Å². The van der Waals surface area contributed by atoms with Crippen LogP contribution in [0.1, 0.15) is 53.4 Å². The van der Waals surface area contributed by atoms with Gasteiger partial charge in [-0.15, -0.1) is 0 Å². The molecule has 0 saturated carbocycles. The van der Waals surface area contributed by atoms with Crippen molar-refractivity contribution in [3.63, 3.8) is 0 Å². The number of fused-ring (bicyclic) bond motifs is 2. The highest BCUT2D eigenvalue weighted by molar-refractivity contribution is 6.34. The Bertz CT molecular complexity index is 983. The van der Waals surface area contributed by atoms with Gasteiger partial charge in [-0.3, -0.25) is 9.69 Å². The smallest absolute Gasteiger partial charge is 0.256 e. The molecule has 1 saturated heterocycles. The summed E-state index contributed by atoms with van der Waals surface area (Å²) in [7, 11) is 0. The van der Waals surface area contributed by atoms with Crippen LogP contribution in [0, 0.1) is 0 Å². The van der Waals surface area contributed by atoms with Gasteiger partial charge in [0.05, 0.1) is 18.8 Å². The molecule has 3 heterocycles. The molecule has 0 spiro atoms. The van der Waals surface area contributed by atoms with Gasteiger partial charge in [0.25, 0.3) is 5.91 Å². The molecule has 0 atom stereocenters. The van der Waals surface area contributed by atoms with Gasteiger partial charge >= 0.3 is 0 Å². The first-order chi connectivity index (χ1) is 14.7. The van der Waals surface area contributed by atoms with Crippen molar-refractivity contribution < 1.29 is 9.53 Å². The van der Waals surface area contributed by atoms with Crippen molar-refractivity contribution >= 4 is 23.2 Å². The van der Waals surface area contributed by atoms with Crippen molar-refractivity contribution in [1.82, 2.24) is 9.88 Å². The third kappa shape index (κ3) is 3.72. The molecule has 1 aliphatic carbocycles. The number of amides is 1. The molecule has 5 heteroatoms. The number of nitrogens with one attached hydrogen (secondary N) is 2. The van der Waals surface area contributed by atoms with Crippen LogP contribution >= 0.6 is 0 Å². The Hall–Kier alpha value is -2.37. The van der Waals surface area contributed by atoms with E-state index in [1.165, 1.54) is 35.2 Å². The molecule has 2 aromatic rings.